The van der Waals surface area contributed by atoms with Crippen LogP contribution in [0.5, 0.6) is 0 Å². The Bertz CT molecular complexity index is 341. The maximum Gasteiger partial charge on any atom is 0.220 e. The van der Waals surface area contributed by atoms with Gasteiger partial charge in [0.1, 0.15) is 0 Å². The summed E-state index contributed by atoms with van der Waals surface area (Å²) in [6.07, 6.45) is 1.44. The molecule has 0 aliphatic heterocycles. The second kappa shape index (κ2) is 5.71. The molecule has 3 nitrogen and oxygen atoms in total. The number of nitro groups is 1. The molecule has 1 aromatic carbocycles. The predicted molar refractivity (Wildman–Crippen MR) is 61.0 cm³/mol. The van der Waals surface area contributed by atoms with Crippen molar-refractivity contribution in [1.82, 2.24) is 0 Å². The van der Waals surface area contributed by atoms with Crippen molar-refractivity contribution in [3.63, 3.8) is 0 Å². The van der Waals surface area contributed by atoms with Gasteiger partial charge in [0.15, 0.2) is 0 Å². The summed E-state index contributed by atoms with van der Waals surface area (Å²) in [5.74, 6) is 0. The van der Waals surface area contributed by atoms with Gasteiger partial charge in [0.05, 0.1) is 5.38 Å². The third-order valence-corrected chi connectivity index (χ3v) is 2.53. The van der Waals surface area contributed by atoms with E-state index in [-0.39, 0.29) is 16.8 Å². The predicted octanol–water partition coefficient (Wildman–Crippen LogP) is 2.81. The molecule has 0 aliphatic carbocycles. The van der Waals surface area contributed by atoms with Crippen LogP contribution in [0.25, 0.3) is 0 Å². The van der Waals surface area contributed by atoms with Crippen molar-refractivity contribution in [1.29, 1.82) is 0 Å². The standard InChI is InChI=1S/C11H14ClNO2/c1-9-3-2-4-10(7-9)5-6-11(12)8-13(14)15/h2-4,7,11H,5-6,8H2,1H3. The Morgan fingerprint density at radius 3 is 2.87 bits per heavy atom. The molecule has 0 spiro atoms. The molecule has 0 saturated heterocycles. The lowest BCUT2D eigenvalue weighted by Gasteiger charge is -2.05. The van der Waals surface area contributed by atoms with Crippen LogP contribution in [-0.4, -0.2) is 16.8 Å². The molecule has 0 saturated carbocycles. The molecule has 1 aromatic rings. The number of alkyl halides is 1. The van der Waals surface area contributed by atoms with Crippen LogP contribution in [0.3, 0.4) is 0 Å². The van der Waals surface area contributed by atoms with E-state index in [1.54, 1.807) is 0 Å². The van der Waals surface area contributed by atoms with E-state index in [1.807, 2.05) is 25.1 Å². The van der Waals surface area contributed by atoms with Crippen molar-refractivity contribution in [2.24, 2.45) is 0 Å². The highest BCUT2D eigenvalue weighted by Crippen LogP contribution is 2.11. The first kappa shape index (κ1) is 12.0. The molecule has 1 rings (SSSR count). The molecule has 4 heteroatoms. The number of benzene rings is 1. The number of hydrogen-bond acceptors (Lipinski definition) is 2. The molecule has 0 N–H and O–H groups in total. The van der Waals surface area contributed by atoms with Crippen LogP contribution in [0.4, 0.5) is 0 Å². The van der Waals surface area contributed by atoms with Crippen molar-refractivity contribution in [3.8, 4) is 0 Å². The van der Waals surface area contributed by atoms with E-state index >= 15 is 0 Å². The smallest absolute Gasteiger partial charge is 0.220 e. The minimum Gasteiger partial charge on any atom is -0.264 e. The van der Waals surface area contributed by atoms with Crippen LogP contribution >= 0.6 is 11.6 Å². The van der Waals surface area contributed by atoms with E-state index < -0.39 is 0 Å². The lowest BCUT2D eigenvalue weighted by atomic mass is 10.1. The Hall–Kier alpha value is -1.09. The molecule has 82 valence electrons. The fraction of sp³-hybridized carbons (Fsp3) is 0.455. The molecule has 0 heterocycles. The zero-order valence-electron chi connectivity index (χ0n) is 8.65. The van der Waals surface area contributed by atoms with Gasteiger partial charge < -0.3 is 0 Å². The van der Waals surface area contributed by atoms with Crippen molar-refractivity contribution in [2.45, 2.75) is 25.1 Å². The summed E-state index contributed by atoms with van der Waals surface area (Å²) < 4.78 is 0. The molecule has 1 unspecified atom stereocenters. The van der Waals surface area contributed by atoms with Crippen LogP contribution in [0.2, 0.25) is 0 Å². The first-order valence-electron chi connectivity index (χ1n) is 4.89. The lowest BCUT2D eigenvalue weighted by molar-refractivity contribution is -0.479. The SMILES string of the molecule is Cc1cccc(CCC(Cl)C[N+](=O)[O-])c1. The maximum absolute atomic E-state index is 10.2. The molecule has 0 radical (unpaired) electrons. The van der Waals surface area contributed by atoms with Gasteiger partial charge >= 0.3 is 0 Å². The van der Waals surface area contributed by atoms with Gasteiger partial charge in [0, 0.05) is 4.92 Å². The highest BCUT2D eigenvalue weighted by Gasteiger charge is 2.11. The second-order valence-corrected chi connectivity index (χ2v) is 4.26. The van der Waals surface area contributed by atoms with Gasteiger partial charge in [-0.1, -0.05) is 29.8 Å². The molecule has 0 aromatic heterocycles. The van der Waals surface area contributed by atoms with E-state index in [4.69, 9.17) is 11.6 Å². The summed E-state index contributed by atoms with van der Waals surface area (Å²) in [6, 6.07) is 8.11. The summed E-state index contributed by atoms with van der Waals surface area (Å²) >= 11 is 5.82. The van der Waals surface area contributed by atoms with E-state index in [1.165, 1.54) is 11.1 Å². The summed E-state index contributed by atoms with van der Waals surface area (Å²) in [7, 11) is 0. The second-order valence-electron chi connectivity index (χ2n) is 3.64. The Labute approximate surface area is 94.2 Å². The van der Waals surface area contributed by atoms with Gasteiger partial charge in [-0.15, -0.1) is 11.6 Å². The highest BCUT2D eigenvalue weighted by atomic mass is 35.5. The Kier molecular flexibility index (Phi) is 4.56. The zero-order chi connectivity index (χ0) is 11.3. The average Bonchev–Trinajstić information content (AvgIpc) is 2.14. The van der Waals surface area contributed by atoms with Crippen molar-refractivity contribution >= 4 is 11.6 Å². The summed E-state index contributed by atoms with van der Waals surface area (Å²) in [4.78, 5) is 9.83. The number of rotatable bonds is 5. The molecule has 0 fully saturated rings. The highest BCUT2D eigenvalue weighted by molar-refractivity contribution is 6.20. The van der Waals surface area contributed by atoms with Gasteiger partial charge in [0.2, 0.25) is 6.54 Å². The summed E-state index contributed by atoms with van der Waals surface area (Å²) in [5.41, 5.74) is 2.39. The number of hydrogen-bond donors (Lipinski definition) is 0. The molecule has 0 amide bonds. The fourth-order valence-corrected chi connectivity index (χ4v) is 1.67. The number of halogens is 1. The molecule has 0 bridgehead atoms. The van der Waals surface area contributed by atoms with Gasteiger partial charge in [0.25, 0.3) is 0 Å². The molecule has 15 heavy (non-hydrogen) atoms. The molecule has 0 aliphatic rings. The summed E-state index contributed by atoms with van der Waals surface area (Å²) in [5, 5.41) is 9.82. The lowest BCUT2D eigenvalue weighted by Crippen LogP contribution is -2.14. The first-order chi connectivity index (χ1) is 7.08. The molecular formula is C11H14ClNO2. The minimum atomic E-state index is -0.375. The monoisotopic (exact) mass is 227 g/mol. The fourth-order valence-electron chi connectivity index (χ4n) is 1.44. The van der Waals surface area contributed by atoms with Crippen LogP contribution in [-0.2, 0) is 6.42 Å². The van der Waals surface area contributed by atoms with Gasteiger partial charge in [-0.05, 0) is 25.3 Å². The van der Waals surface area contributed by atoms with E-state index in [2.05, 4.69) is 6.07 Å². The minimum absolute atomic E-state index is 0.159. The Morgan fingerprint density at radius 2 is 2.27 bits per heavy atom. The van der Waals surface area contributed by atoms with Crippen LogP contribution in [0.15, 0.2) is 24.3 Å². The third kappa shape index (κ3) is 4.79. The van der Waals surface area contributed by atoms with Crippen molar-refractivity contribution in [2.75, 3.05) is 6.54 Å². The molecular weight excluding hydrogens is 214 g/mol. The van der Waals surface area contributed by atoms with E-state index in [9.17, 15) is 10.1 Å². The van der Waals surface area contributed by atoms with Crippen LogP contribution in [0, 0.1) is 17.0 Å². The maximum atomic E-state index is 10.2. The Morgan fingerprint density at radius 1 is 1.53 bits per heavy atom. The molecule has 1 atom stereocenters. The quantitative estimate of drug-likeness (QED) is 0.441. The van der Waals surface area contributed by atoms with Gasteiger partial charge in [-0.2, -0.15) is 0 Å². The Balaban J connectivity index is 2.40. The van der Waals surface area contributed by atoms with Crippen molar-refractivity contribution < 1.29 is 4.92 Å². The summed E-state index contributed by atoms with van der Waals surface area (Å²) in [6.45, 7) is 1.87. The normalized spacial score (nSPS) is 12.4. The third-order valence-electron chi connectivity index (χ3n) is 2.18. The van der Waals surface area contributed by atoms with Crippen LogP contribution < -0.4 is 0 Å². The van der Waals surface area contributed by atoms with Crippen LogP contribution in [0.1, 0.15) is 17.5 Å². The van der Waals surface area contributed by atoms with Gasteiger partial charge in [-0.3, -0.25) is 10.1 Å². The number of aryl methyl sites for hydroxylation is 2. The zero-order valence-corrected chi connectivity index (χ0v) is 9.41. The first-order valence-corrected chi connectivity index (χ1v) is 5.33. The van der Waals surface area contributed by atoms with Crippen molar-refractivity contribution in [3.05, 3.63) is 45.5 Å². The topological polar surface area (TPSA) is 43.1 Å². The van der Waals surface area contributed by atoms with E-state index in [0.29, 0.717) is 6.42 Å². The largest absolute Gasteiger partial charge is 0.264 e. The number of nitrogens with zero attached hydrogens (tertiary/aromatic N) is 1. The van der Waals surface area contributed by atoms with Gasteiger partial charge in [-0.25, -0.2) is 0 Å². The average molecular weight is 228 g/mol. The van der Waals surface area contributed by atoms with E-state index in [0.717, 1.165) is 6.42 Å².